The van der Waals surface area contributed by atoms with E-state index >= 15 is 0 Å². The Balaban J connectivity index is 0.000000288. The number of hydrogen-bond donors (Lipinski definition) is 2. The average Bonchev–Trinajstić information content (AvgIpc) is 3.26. The summed E-state index contributed by atoms with van der Waals surface area (Å²) in [6.07, 6.45) is -7.53. The zero-order valence-electron chi connectivity index (χ0n) is 17.0. The van der Waals surface area contributed by atoms with Gasteiger partial charge < -0.3 is 19.5 Å². The number of likely N-dealkylation sites (tertiary alicyclic amines) is 2. The molecule has 7 nitrogen and oxygen atoms in total. The van der Waals surface area contributed by atoms with Crippen molar-refractivity contribution >= 4 is 11.9 Å². The predicted molar refractivity (Wildman–Crippen MR) is 95.4 cm³/mol. The normalized spacial score (nSPS) is 21.6. The van der Waals surface area contributed by atoms with Crippen LogP contribution in [0, 0.1) is 13.8 Å². The van der Waals surface area contributed by atoms with E-state index in [1.165, 1.54) is 31.5 Å². The van der Waals surface area contributed by atoms with Crippen LogP contribution in [0.25, 0.3) is 0 Å². The summed E-state index contributed by atoms with van der Waals surface area (Å²) in [6.45, 7) is 7.64. The quantitative estimate of drug-likeness (QED) is 0.651. The maximum Gasteiger partial charge on any atom is 0.490 e. The van der Waals surface area contributed by atoms with E-state index in [-0.39, 0.29) is 0 Å². The first-order valence-corrected chi connectivity index (χ1v) is 9.14. The van der Waals surface area contributed by atoms with Crippen molar-refractivity contribution in [3.8, 4) is 0 Å². The number of carboxylic acids is 2. The van der Waals surface area contributed by atoms with Crippen molar-refractivity contribution in [1.82, 2.24) is 9.80 Å². The molecule has 0 aliphatic carbocycles. The number of aliphatic carboxylic acids is 2. The van der Waals surface area contributed by atoms with Gasteiger partial charge in [0, 0.05) is 18.6 Å². The molecule has 3 rings (SSSR count). The van der Waals surface area contributed by atoms with Gasteiger partial charge >= 0.3 is 24.3 Å². The van der Waals surface area contributed by atoms with Gasteiger partial charge in [0.1, 0.15) is 11.5 Å². The van der Waals surface area contributed by atoms with Crippen LogP contribution in [0.1, 0.15) is 29.9 Å². The van der Waals surface area contributed by atoms with E-state index in [1.54, 1.807) is 0 Å². The van der Waals surface area contributed by atoms with Gasteiger partial charge in [-0.05, 0) is 51.9 Å². The second kappa shape index (κ2) is 10.4. The molecule has 0 saturated carbocycles. The van der Waals surface area contributed by atoms with E-state index < -0.39 is 24.3 Å². The number of furan rings is 1. The third-order valence-electron chi connectivity index (χ3n) is 5.03. The summed E-state index contributed by atoms with van der Waals surface area (Å²) in [5, 5.41) is 14.2. The van der Waals surface area contributed by atoms with Crippen LogP contribution >= 0.6 is 0 Å². The average molecular weight is 462 g/mol. The number of fused-ring (bicyclic) bond motifs is 1. The predicted octanol–water partition coefficient (Wildman–Crippen LogP) is 3.44. The maximum atomic E-state index is 10.6. The summed E-state index contributed by atoms with van der Waals surface area (Å²) >= 11 is 0. The molecule has 0 unspecified atom stereocenters. The molecule has 2 atom stereocenters. The van der Waals surface area contributed by atoms with Gasteiger partial charge in [0.05, 0.1) is 6.54 Å². The number of carbonyl (C=O) groups is 2. The molecule has 1 aromatic rings. The van der Waals surface area contributed by atoms with Gasteiger partial charge in [-0.3, -0.25) is 4.90 Å². The number of nitrogens with zero attached hydrogens (tertiary/aromatic N) is 2. The maximum absolute atomic E-state index is 10.6. The first-order valence-electron chi connectivity index (χ1n) is 9.14. The van der Waals surface area contributed by atoms with E-state index in [4.69, 9.17) is 24.2 Å². The molecular formula is C18H24F6N2O5. The molecule has 2 fully saturated rings. The monoisotopic (exact) mass is 462 g/mol. The minimum atomic E-state index is -5.08. The summed E-state index contributed by atoms with van der Waals surface area (Å²) in [7, 11) is 2.26. The van der Waals surface area contributed by atoms with Crippen molar-refractivity contribution in [2.24, 2.45) is 0 Å². The first kappa shape index (κ1) is 26.8. The molecule has 2 N–H and O–H groups in total. The van der Waals surface area contributed by atoms with E-state index in [9.17, 15) is 26.3 Å². The lowest BCUT2D eigenvalue weighted by Crippen LogP contribution is -2.34. The van der Waals surface area contributed by atoms with Crippen LogP contribution in [0.5, 0.6) is 0 Å². The summed E-state index contributed by atoms with van der Waals surface area (Å²) in [4.78, 5) is 22.9. The van der Waals surface area contributed by atoms with E-state index in [2.05, 4.69) is 36.8 Å². The zero-order valence-corrected chi connectivity index (χ0v) is 17.0. The number of carboxylic acid groups (broad SMARTS) is 2. The number of rotatable bonds is 2. The minimum Gasteiger partial charge on any atom is -0.475 e. The highest BCUT2D eigenvalue weighted by Gasteiger charge is 2.41. The molecular weight excluding hydrogens is 438 g/mol. The van der Waals surface area contributed by atoms with Crippen LogP contribution in [0.3, 0.4) is 0 Å². The van der Waals surface area contributed by atoms with Crippen molar-refractivity contribution in [2.75, 3.05) is 20.1 Å². The van der Waals surface area contributed by atoms with Gasteiger partial charge in [0.15, 0.2) is 0 Å². The Morgan fingerprint density at radius 3 is 1.84 bits per heavy atom. The van der Waals surface area contributed by atoms with E-state index in [1.807, 2.05) is 0 Å². The summed E-state index contributed by atoms with van der Waals surface area (Å²) < 4.78 is 69.3. The number of hydrogen-bond acceptors (Lipinski definition) is 5. The standard InChI is InChI=1S/C14H22N2O.2C2HF3O2/c1-10-8-12(17-11(10)2)9-16-7-5-13-14(16)4-6-15(13)3;2*3-2(4,5)1(6)7/h8,13-14H,4-7,9H2,1-3H3;2*(H,6,7)/t13-,14+;;/m0../s1. The fraction of sp³-hybridized carbons (Fsp3) is 0.667. The van der Waals surface area contributed by atoms with Crippen LogP contribution in [0.15, 0.2) is 10.5 Å². The van der Waals surface area contributed by atoms with Crippen LogP contribution < -0.4 is 0 Å². The largest absolute Gasteiger partial charge is 0.490 e. The Bertz CT molecular complexity index is 718. The lowest BCUT2D eigenvalue weighted by molar-refractivity contribution is -0.193. The van der Waals surface area contributed by atoms with Crippen LogP contribution in [-0.4, -0.2) is 76.5 Å². The Labute approximate surface area is 174 Å². The number of aryl methyl sites for hydroxylation is 2. The molecule has 0 radical (unpaired) electrons. The Hall–Kier alpha value is -2.28. The van der Waals surface area contributed by atoms with Gasteiger partial charge in [0.25, 0.3) is 0 Å². The number of halogens is 6. The zero-order chi connectivity index (χ0) is 24.1. The van der Waals surface area contributed by atoms with Crippen molar-refractivity contribution < 1.29 is 50.6 Å². The molecule has 2 saturated heterocycles. The molecule has 1 aromatic heterocycles. The number of alkyl halides is 6. The highest BCUT2D eigenvalue weighted by atomic mass is 19.4. The second-order valence-electron chi connectivity index (χ2n) is 7.22. The highest BCUT2D eigenvalue weighted by Crippen LogP contribution is 2.31. The lowest BCUT2D eigenvalue weighted by Gasteiger charge is -2.22. The van der Waals surface area contributed by atoms with Crippen LogP contribution in [-0.2, 0) is 16.1 Å². The van der Waals surface area contributed by atoms with Crippen LogP contribution in [0.4, 0.5) is 26.3 Å². The third-order valence-corrected chi connectivity index (χ3v) is 5.03. The van der Waals surface area contributed by atoms with Crippen LogP contribution in [0.2, 0.25) is 0 Å². The Morgan fingerprint density at radius 2 is 1.45 bits per heavy atom. The van der Waals surface area contributed by atoms with Crippen molar-refractivity contribution in [3.63, 3.8) is 0 Å². The fourth-order valence-corrected chi connectivity index (χ4v) is 3.41. The molecule has 178 valence electrons. The first-order chi connectivity index (χ1) is 14.0. The molecule has 2 aliphatic rings. The van der Waals surface area contributed by atoms with Gasteiger partial charge in [0.2, 0.25) is 0 Å². The third kappa shape index (κ3) is 8.05. The summed E-state index contributed by atoms with van der Waals surface area (Å²) in [5.41, 5.74) is 1.28. The molecule has 3 heterocycles. The highest BCUT2D eigenvalue weighted by molar-refractivity contribution is 5.73. The molecule has 0 aromatic carbocycles. The topological polar surface area (TPSA) is 94.2 Å². The second-order valence-corrected chi connectivity index (χ2v) is 7.22. The van der Waals surface area contributed by atoms with E-state index in [0.717, 1.165) is 30.1 Å². The van der Waals surface area contributed by atoms with Gasteiger partial charge in [-0.15, -0.1) is 0 Å². The van der Waals surface area contributed by atoms with Gasteiger partial charge in [-0.1, -0.05) is 0 Å². The minimum absolute atomic E-state index is 0.755. The number of likely N-dealkylation sites (N-methyl/N-ethyl adjacent to an activating group) is 1. The SMILES string of the molecule is Cc1cc(CN2CC[C@H]3[C@H]2CCN3C)oc1C.O=C(O)C(F)(F)F.O=C(O)C(F)(F)F. The van der Waals surface area contributed by atoms with Crippen molar-refractivity contribution in [2.45, 2.75) is 57.7 Å². The lowest BCUT2D eigenvalue weighted by atomic mass is 10.1. The summed E-state index contributed by atoms with van der Waals surface area (Å²) in [5.74, 6) is -3.31. The van der Waals surface area contributed by atoms with Crippen molar-refractivity contribution in [1.29, 1.82) is 0 Å². The van der Waals surface area contributed by atoms with E-state index in [0.29, 0.717) is 0 Å². The molecule has 31 heavy (non-hydrogen) atoms. The molecule has 13 heteroatoms. The summed E-state index contributed by atoms with van der Waals surface area (Å²) in [6, 6.07) is 3.74. The van der Waals surface area contributed by atoms with Gasteiger partial charge in [-0.25, -0.2) is 9.59 Å². The molecule has 0 spiro atoms. The molecule has 0 amide bonds. The fourth-order valence-electron chi connectivity index (χ4n) is 3.41. The molecule has 2 aliphatic heterocycles. The van der Waals surface area contributed by atoms with Crippen molar-refractivity contribution in [3.05, 3.63) is 23.2 Å². The Morgan fingerprint density at radius 1 is 1.00 bits per heavy atom. The smallest absolute Gasteiger partial charge is 0.475 e. The Kier molecular flexibility index (Phi) is 8.94. The molecule has 0 bridgehead atoms. The van der Waals surface area contributed by atoms with Gasteiger partial charge in [-0.2, -0.15) is 26.3 Å².